The van der Waals surface area contributed by atoms with Crippen molar-refractivity contribution in [3.63, 3.8) is 0 Å². The second kappa shape index (κ2) is 9.15. The highest BCUT2D eigenvalue weighted by Gasteiger charge is 2.27. The molecule has 0 aromatic heterocycles. The summed E-state index contributed by atoms with van der Waals surface area (Å²) in [6.45, 7) is 7.95. The molecule has 24 heavy (non-hydrogen) atoms. The van der Waals surface area contributed by atoms with Crippen LogP contribution in [0.4, 0.5) is 0 Å². The van der Waals surface area contributed by atoms with E-state index in [0.29, 0.717) is 13.0 Å². The molecule has 0 aliphatic rings. The number of hydrogen-bond acceptors (Lipinski definition) is 4. The van der Waals surface area contributed by atoms with Crippen LogP contribution in [0.3, 0.4) is 0 Å². The zero-order valence-corrected chi connectivity index (χ0v) is 15.8. The molecular formula is C17H28N2O4S. The number of rotatable bonds is 9. The van der Waals surface area contributed by atoms with E-state index < -0.39 is 16.1 Å². The summed E-state index contributed by atoms with van der Waals surface area (Å²) in [5.74, 6) is -0.178. The number of methoxy groups -OCH3 is 1. The van der Waals surface area contributed by atoms with Crippen molar-refractivity contribution in [2.24, 2.45) is 5.92 Å². The number of carbonyl (C=O) groups is 1. The lowest BCUT2D eigenvalue weighted by Crippen LogP contribution is -2.50. The number of hydrogen-bond donors (Lipinski definition) is 2. The van der Waals surface area contributed by atoms with Crippen molar-refractivity contribution in [1.29, 1.82) is 0 Å². The van der Waals surface area contributed by atoms with Gasteiger partial charge in [-0.1, -0.05) is 31.5 Å². The normalized spacial score (nSPS) is 14.4. The number of aryl methyl sites for hydroxylation is 1. The van der Waals surface area contributed by atoms with Gasteiger partial charge in [-0.2, -0.15) is 4.72 Å². The lowest BCUT2D eigenvalue weighted by molar-refractivity contribution is -0.124. The van der Waals surface area contributed by atoms with Crippen LogP contribution in [0.15, 0.2) is 29.2 Å². The maximum atomic E-state index is 12.5. The average molecular weight is 356 g/mol. The third-order valence-electron chi connectivity index (χ3n) is 3.46. The summed E-state index contributed by atoms with van der Waals surface area (Å²) in [6, 6.07) is 5.52. The first-order valence-corrected chi connectivity index (χ1v) is 9.52. The minimum absolute atomic E-state index is 0.152. The van der Waals surface area contributed by atoms with Gasteiger partial charge in [-0.05, 0) is 38.3 Å². The highest BCUT2D eigenvalue weighted by atomic mass is 32.2. The second-order valence-electron chi connectivity index (χ2n) is 6.48. The SMILES string of the molecule is COCC(C)NC(=O)C(CC(C)C)NS(=O)(=O)c1ccc(C)cc1. The summed E-state index contributed by atoms with van der Waals surface area (Å²) >= 11 is 0. The van der Waals surface area contributed by atoms with E-state index in [2.05, 4.69) is 10.0 Å². The first kappa shape index (κ1) is 20.6. The summed E-state index contributed by atoms with van der Waals surface area (Å²) < 4.78 is 32.6. The minimum Gasteiger partial charge on any atom is -0.383 e. The Bertz CT molecular complexity index is 626. The Labute approximate surface area is 145 Å². The van der Waals surface area contributed by atoms with Crippen LogP contribution < -0.4 is 10.0 Å². The molecule has 0 aliphatic carbocycles. The topological polar surface area (TPSA) is 84.5 Å². The van der Waals surface area contributed by atoms with Gasteiger partial charge in [0.05, 0.1) is 11.5 Å². The van der Waals surface area contributed by atoms with Crippen molar-refractivity contribution in [3.05, 3.63) is 29.8 Å². The molecule has 0 heterocycles. The Balaban J connectivity index is 2.91. The van der Waals surface area contributed by atoms with Gasteiger partial charge in [-0.25, -0.2) is 8.42 Å². The van der Waals surface area contributed by atoms with E-state index in [9.17, 15) is 13.2 Å². The van der Waals surface area contributed by atoms with Crippen LogP contribution in [0.2, 0.25) is 0 Å². The fourth-order valence-electron chi connectivity index (χ4n) is 2.29. The van der Waals surface area contributed by atoms with Gasteiger partial charge in [-0.15, -0.1) is 0 Å². The molecule has 1 amide bonds. The van der Waals surface area contributed by atoms with Crippen molar-refractivity contribution in [3.8, 4) is 0 Å². The quantitative estimate of drug-likeness (QED) is 0.707. The third-order valence-corrected chi connectivity index (χ3v) is 4.95. The predicted octanol–water partition coefficient (Wildman–Crippen LogP) is 1.84. The monoisotopic (exact) mass is 356 g/mol. The van der Waals surface area contributed by atoms with Crippen LogP contribution in [-0.4, -0.2) is 40.1 Å². The second-order valence-corrected chi connectivity index (χ2v) is 8.20. The van der Waals surface area contributed by atoms with Gasteiger partial charge < -0.3 is 10.1 Å². The van der Waals surface area contributed by atoms with E-state index in [1.165, 1.54) is 12.1 Å². The molecule has 0 aliphatic heterocycles. The number of carbonyl (C=O) groups excluding carboxylic acids is 1. The van der Waals surface area contributed by atoms with Crippen molar-refractivity contribution in [1.82, 2.24) is 10.0 Å². The van der Waals surface area contributed by atoms with Crippen LogP contribution >= 0.6 is 0 Å². The fraction of sp³-hybridized carbons (Fsp3) is 0.588. The summed E-state index contributed by atoms with van der Waals surface area (Å²) in [6.07, 6.45) is 0.413. The first-order valence-electron chi connectivity index (χ1n) is 8.04. The number of nitrogens with one attached hydrogen (secondary N) is 2. The van der Waals surface area contributed by atoms with Gasteiger partial charge in [-0.3, -0.25) is 4.79 Å². The summed E-state index contributed by atoms with van der Waals surface area (Å²) in [4.78, 5) is 12.6. The molecule has 2 atom stereocenters. The summed E-state index contributed by atoms with van der Waals surface area (Å²) in [5, 5.41) is 2.78. The zero-order valence-electron chi connectivity index (χ0n) is 15.0. The molecule has 0 saturated carbocycles. The number of ether oxygens (including phenoxy) is 1. The largest absolute Gasteiger partial charge is 0.383 e. The molecule has 1 aromatic carbocycles. The molecule has 0 spiro atoms. The van der Waals surface area contributed by atoms with E-state index in [-0.39, 0.29) is 22.8 Å². The number of sulfonamides is 1. The third kappa shape index (κ3) is 6.59. The number of amides is 1. The first-order chi connectivity index (χ1) is 11.2. The molecule has 136 valence electrons. The average Bonchev–Trinajstić information content (AvgIpc) is 2.46. The predicted molar refractivity (Wildman–Crippen MR) is 94.2 cm³/mol. The van der Waals surface area contributed by atoms with Crippen molar-refractivity contribution in [2.75, 3.05) is 13.7 Å². The maximum absolute atomic E-state index is 12.5. The van der Waals surface area contributed by atoms with E-state index in [1.807, 2.05) is 27.7 Å². The van der Waals surface area contributed by atoms with Crippen LogP contribution in [-0.2, 0) is 19.6 Å². The zero-order chi connectivity index (χ0) is 18.3. The van der Waals surface area contributed by atoms with Crippen LogP contribution in [0.5, 0.6) is 0 Å². The van der Waals surface area contributed by atoms with Gasteiger partial charge in [0.25, 0.3) is 0 Å². The van der Waals surface area contributed by atoms with E-state index >= 15 is 0 Å². The molecule has 2 unspecified atom stereocenters. The Morgan fingerprint density at radius 3 is 2.25 bits per heavy atom. The molecule has 6 nitrogen and oxygen atoms in total. The van der Waals surface area contributed by atoms with E-state index in [4.69, 9.17) is 4.74 Å². The van der Waals surface area contributed by atoms with Gasteiger partial charge in [0.15, 0.2) is 0 Å². The molecule has 2 N–H and O–H groups in total. The maximum Gasteiger partial charge on any atom is 0.241 e. The van der Waals surface area contributed by atoms with E-state index in [0.717, 1.165) is 5.56 Å². The van der Waals surface area contributed by atoms with Gasteiger partial charge in [0, 0.05) is 13.2 Å². The van der Waals surface area contributed by atoms with Gasteiger partial charge >= 0.3 is 0 Å². The van der Waals surface area contributed by atoms with E-state index in [1.54, 1.807) is 19.2 Å². The Morgan fingerprint density at radius 2 is 1.75 bits per heavy atom. The summed E-state index contributed by atoms with van der Waals surface area (Å²) in [5.41, 5.74) is 0.971. The Morgan fingerprint density at radius 1 is 1.17 bits per heavy atom. The van der Waals surface area contributed by atoms with Crippen molar-refractivity contribution in [2.45, 2.75) is 51.1 Å². The lowest BCUT2D eigenvalue weighted by Gasteiger charge is -2.22. The highest BCUT2D eigenvalue weighted by molar-refractivity contribution is 7.89. The lowest BCUT2D eigenvalue weighted by atomic mass is 10.0. The molecule has 0 radical (unpaired) electrons. The van der Waals surface area contributed by atoms with Gasteiger partial charge in [0.1, 0.15) is 6.04 Å². The molecule has 0 bridgehead atoms. The standard InChI is InChI=1S/C17H28N2O4S/c1-12(2)10-16(17(20)18-14(4)11-23-5)19-24(21,22)15-8-6-13(3)7-9-15/h6-9,12,14,16,19H,10-11H2,1-5H3,(H,18,20). The summed E-state index contributed by atoms with van der Waals surface area (Å²) in [7, 11) is -2.21. The molecule has 1 rings (SSSR count). The number of benzene rings is 1. The molecule has 1 aromatic rings. The van der Waals surface area contributed by atoms with Crippen LogP contribution in [0, 0.1) is 12.8 Å². The molecule has 0 saturated heterocycles. The smallest absolute Gasteiger partial charge is 0.241 e. The van der Waals surface area contributed by atoms with Crippen LogP contribution in [0.1, 0.15) is 32.8 Å². The minimum atomic E-state index is -3.76. The fourth-order valence-corrected chi connectivity index (χ4v) is 3.50. The molecular weight excluding hydrogens is 328 g/mol. The highest BCUT2D eigenvalue weighted by Crippen LogP contribution is 2.13. The molecule has 0 fully saturated rings. The van der Waals surface area contributed by atoms with Gasteiger partial charge in [0.2, 0.25) is 15.9 Å². The molecule has 7 heteroatoms. The van der Waals surface area contributed by atoms with Crippen molar-refractivity contribution < 1.29 is 17.9 Å². The Kier molecular flexibility index (Phi) is 7.86. The van der Waals surface area contributed by atoms with Crippen molar-refractivity contribution >= 4 is 15.9 Å². The van der Waals surface area contributed by atoms with Crippen LogP contribution in [0.25, 0.3) is 0 Å². The Hall–Kier alpha value is -1.44.